The molecule has 0 radical (unpaired) electrons. The molecule has 0 spiro atoms. The summed E-state index contributed by atoms with van der Waals surface area (Å²) in [5.74, 6) is -0.346. The number of carbonyl (C=O) groups excluding carboxylic acids is 3. The van der Waals surface area contributed by atoms with E-state index in [9.17, 15) is 14.4 Å². The third-order valence-electron chi connectivity index (χ3n) is 3.65. The molecule has 1 amide bonds. The summed E-state index contributed by atoms with van der Waals surface area (Å²) in [4.78, 5) is 35.3. The first kappa shape index (κ1) is 20.0. The van der Waals surface area contributed by atoms with Gasteiger partial charge < -0.3 is 19.5 Å². The lowest BCUT2D eigenvalue weighted by atomic mass is 10.1. The highest BCUT2D eigenvalue weighted by molar-refractivity contribution is 5.97. The summed E-state index contributed by atoms with van der Waals surface area (Å²) in [6, 6.07) is 13.3. The molecule has 2 aromatic rings. The summed E-state index contributed by atoms with van der Waals surface area (Å²) < 4.78 is 15.6. The van der Waals surface area contributed by atoms with E-state index >= 15 is 0 Å². The maximum Gasteiger partial charge on any atom is 0.344 e. The number of carbonyl (C=O) groups is 3. The second kappa shape index (κ2) is 9.38. The zero-order valence-corrected chi connectivity index (χ0v) is 15.4. The maximum atomic E-state index is 12.1. The summed E-state index contributed by atoms with van der Waals surface area (Å²) in [6.07, 6.45) is -1.01. The second-order valence-corrected chi connectivity index (χ2v) is 5.69. The first-order valence-corrected chi connectivity index (χ1v) is 8.28. The average Bonchev–Trinajstić information content (AvgIpc) is 2.66. The molecule has 0 unspecified atom stereocenters. The summed E-state index contributed by atoms with van der Waals surface area (Å²) in [5, 5.41) is 2.62. The molecule has 0 saturated carbocycles. The Hall–Kier alpha value is -3.35. The zero-order valence-electron chi connectivity index (χ0n) is 15.4. The van der Waals surface area contributed by atoms with E-state index in [2.05, 4.69) is 5.32 Å². The van der Waals surface area contributed by atoms with Gasteiger partial charge in [-0.15, -0.1) is 0 Å². The van der Waals surface area contributed by atoms with Gasteiger partial charge in [0.2, 0.25) is 0 Å². The van der Waals surface area contributed by atoms with Crippen LogP contribution in [-0.4, -0.2) is 37.5 Å². The van der Waals surface area contributed by atoms with Gasteiger partial charge in [0, 0.05) is 11.3 Å². The molecular weight excluding hydrogens is 350 g/mol. The van der Waals surface area contributed by atoms with Crippen LogP contribution in [0, 0.1) is 0 Å². The fraction of sp³-hybridized carbons (Fsp3) is 0.250. The van der Waals surface area contributed by atoms with E-state index in [1.165, 1.54) is 21.0 Å². The van der Waals surface area contributed by atoms with Crippen LogP contribution in [0.3, 0.4) is 0 Å². The Balaban J connectivity index is 1.84. The Morgan fingerprint density at radius 3 is 2.22 bits per heavy atom. The van der Waals surface area contributed by atoms with Gasteiger partial charge in [-0.05, 0) is 50.2 Å². The highest BCUT2D eigenvalue weighted by atomic mass is 16.6. The average molecular weight is 371 g/mol. The SMILES string of the molecule is COc1ccccc1OCC(=O)O[C@H](C)C(=O)Nc1ccc(C(C)=O)cc1. The van der Waals surface area contributed by atoms with Crippen molar-refractivity contribution in [2.45, 2.75) is 20.0 Å². The van der Waals surface area contributed by atoms with E-state index in [4.69, 9.17) is 14.2 Å². The van der Waals surface area contributed by atoms with E-state index < -0.39 is 18.0 Å². The van der Waals surface area contributed by atoms with Crippen LogP contribution in [0.2, 0.25) is 0 Å². The fourth-order valence-electron chi connectivity index (χ4n) is 2.19. The van der Waals surface area contributed by atoms with Gasteiger partial charge >= 0.3 is 5.97 Å². The van der Waals surface area contributed by atoms with Gasteiger partial charge in [0.1, 0.15) is 0 Å². The largest absolute Gasteiger partial charge is 0.493 e. The summed E-state index contributed by atoms with van der Waals surface area (Å²) in [7, 11) is 1.50. The van der Waals surface area contributed by atoms with Crippen molar-refractivity contribution in [2.75, 3.05) is 19.0 Å². The van der Waals surface area contributed by atoms with Crippen LogP contribution in [0.1, 0.15) is 24.2 Å². The number of Topliss-reactive ketones (excluding diaryl/α,β-unsaturated/α-hetero) is 1. The number of esters is 1. The normalized spacial score (nSPS) is 11.2. The molecule has 2 rings (SSSR count). The van der Waals surface area contributed by atoms with E-state index in [1.54, 1.807) is 48.5 Å². The van der Waals surface area contributed by atoms with Gasteiger partial charge in [-0.1, -0.05) is 12.1 Å². The first-order valence-electron chi connectivity index (χ1n) is 8.28. The molecule has 0 aliphatic carbocycles. The molecular formula is C20H21NO6. The molecule has 7 heteroatoms. The monoisotopic (exact) mass is 371 g/mol. The molecule has 0 saturated heterocycles. The number of nitrogens with one attached hydrogen (secondary N) is 1. The molecule has 0 bridgehead atoms. The predicted octanol–water partition coefficient (Wildman–Crippen LogP) is 2.85. The molecule has 0 aliphatic heterocycles. The number of methoxy groups -OCH3 is 1. The highest BCUT2D eigenvalue weighted by Gasteiger charge is 2.19. The van der Waals surface area contributed by atoms with Gasteiger partial charge in [-0.25, -0.2) is 4.79 Å². The van der Waals surface area contributed by atoms with Gasteiger partial charge in [0.25, 0.3) is 5.91 Å². The van der Waals surface area contributed by atoms with Crippen molar-refractivity contribution >= 4 is 23.3 Å². The Morgan fingerprint density at radius 1 is 1.00 bits per heavy atom. The van der Waals surface area contributed by atoms with Gasteiger partial charge in [0.05, 0.1) is 7.11 Å². The van der Waals surface area contributed by atoms with Crippen LogP contribution in [-0.2, 0) is 14.3 Å². The van der Waals surface area contributed by atoms with Crippen LogP contribution in [0.25, 0.3) is 0 Å². The van der Waals surface area contributed by atoms with Crippen LogP contribution < -0.4 is 14.8 Å². The predicted molar refractivity (Wildman–Crippen MR) is 99.1 cm³/mol. The van der Waals surface area contributed by atoms with E-state index in [0.717, 1.165) is 0 Å². The number of benzene rings is 2. The minimum absolute atomic E-state index is 0.0646. The second-order valence-electron chi connectivity index (χ2n) is 5.69. The fourth-order valence-corrected chi connectivity index (χ4v) is 2.19. The number of amides is 1. The number of para-hydroxylation sites is 2. The topological polar surface area (TPSA) is 90.9 Å². The van der Waals surface area contributed by atoms with Crippen LogP contribution in [0.5, 0.6) is 11.5 Å². The molecule has 2 aromatic carbocycles. The van der Waals surface area contributed by atoms with Gasteiger partial charge in [-0.3, -0.25) is 9.59 Å². The van der Waals surface area contributed by atoms with E-state index in [0.29, 0.717) is 22.7 Å². The van der Waals surface area contributed by atoms with Crippen molar-refractivity contribution in [2.24, 2.45) is 0 Å². The summed E-state index contributed by atoms with van der Waals surface area (Å²) in [5.41, 5.74) is 1.04. The van der Waals surface area contributed by atoms with Crippen LogP contribution in [0.4, 0.5) is 5.69 Å². The maximum absolute atomic E-state index is 12.1. The van der Waals surface area contributed by atoms with Gasteiger partial charge in [0.15, 0.2) is 30.0 Å². The number of ether oxygens (including phenoxy) is 3. The standard InChI is InChI=1S/C20H21NO6/c1-13(22)15-8-10-16(11-9-15)21-20(24)14(2)27-19(23)12-26-18-7-5-4-6-17(18)25-3/h4-11,14H,12H2,1-3H3,(H,21,24)/t14-/m1/s1. The van der Waals surface area contributed by atoms with Crippen LogP contribution >= 0.6 is 0 Å². The van der Waals surface area contributed by atoms with E-state index in [1.807, 2.05) is 0 Å². The Labute approximate surface area is 157 Å². The number of hydrogen-bond donors (Lipinski definition) is 1. The minimum Gasteiger partial charge on any atom is -0.493 e. The Kier molecular flexibility index (Phi) is 6.93. The molecule has 0 aromatic heterocycles. The number of ketones is 1. The van der Waals surface area contributed by atoms with E-state index in [-0.39, 0.29) is 12.4 Å². The smallest absolute Gasteiger partial charge is 0.344 e. The van der Waals surface area contributed by atoms with Crippen LogP contribution in [0.15, 0.2) is 48.5 Å². The molecule has 1 atom stereocenters. The molecule has 0 aliphatic rings. The lowest BCUT2D eigenvalue weighted by Crippen LogP contribution is -2.31. The first-order chi connectivity index (χ1) is 12.9. The molecule has 7 nitrogen and oxygen atoms in total. The number of anilines is 1. The van der Waals surface area contributed by atoms with Crippen molar-refractivity contribution in [3.63, 3.8) is 0 Å². The number of hydrogen-bond acceptors (Lipinski definition) is 6. The summed E-state index contributed by atoms with van der Waals surface area (Å²) >= 11 is 0. The third kappa shape index (κ3) is 5.85. The molecule has 0 fully saturated rings. The zero-order chi connectivity index (χ0) is 19.8. The summed E-state index contributed by atoms with van der Waals surface area (Å²) in [6.45, 7) is 2.56. The lowest BCUT2D eigenvalue weighted by molar-refractivity contribution is -0.155. The third-order valence-corrected chi connectivity index (χ3v) is 3.65. The Morgan fingerprint density at radius 2 is 1.63 bits per heavy atom. The molecule has 1 N–H and O–H groups in total. The highest BCUT2D eigenvalue weighted by Crippen LogP contribution is 2.25. The van der Waals surface area contributed by atoms with Crippen molar-refractivity contribution in [1.82, 2.24) is 0 Å². The quantitative estimate of drug-likeness (QED) is 0.567. The van der Waals surface area contributed by atoms with Crippen molar-refractivity contribution in [1.29, 1.82) is 0 Å². The molecule has 142 valence electrons. The molecule has 0 heterocycles. The lowest BCUT2D eigenvalue weighted by Gasteiger charge is -2.14. The minimum atomic E-state index is -1.01. The van der Waals surface area contributed by atoms with Crippen molar-refractivity contribution in [3.8, 4) is 11.5 Å². The Bertz CT molecular complexity index is 815. The molecule has 27 heavy (non-hydrogen) atoms. The van der Waals surface area contributed by atoms with Crippen molar-refractivity contribution in [3.05, 3.63) is 54.1 Å². The van der Waals surface area contributed by atoms with Crippen molar-refractivity contribution < 1.29 is 28.6 Å². The number of rotatable bonds is 8. The van der Waals surface area contributed by atoms with Gasteiger partial charge in [-0.2, -0.15) is 0 Å².